The van der Waals surface area contributed by atoms with E-state index in [0.717, 1.165) is 26.1 Å². The number of nitrogens with one attached hydrogen (secondary N) is 1. The highest BCUT2D eigenvalue weighted by Gasteiger charge is 2.31. The molecule has 0 aromatic carbocycles. The Balaban J connectivity index is 2.05. The van der Waals surface area contributed by atoms with Gasteiger partial charge in [0.2, 0.25) is 0 Å². The van der Waals surface area contributed by atoms with Crippen molar-refractivity contribution in [3.63, 3.8) is 0 Å². The molecule has 1 aliphatic heterocycles. The van der Waals surface area contributed by atoms with Crippen LogP contribution in [0.15, 0.2) is 12.4 Å². The first-order valence-electron chi connectivity index (χ1n) is 5.97. The fraction of sp³-hybridized carbons (Fsp3) is 0.750. The van der Waals surface area contributed by atoms with Gasteiger partial charge in [0.25, 0.3) is 0 Å². The Bertz CT molecular complexity index is 342. The second kappa shape index (κ2) is 4.55. The number of hydrogen-bond acceptors (Lipinski definition) is 3. The molecule has 16 heavy (non-hydrogen) atoms. The van der Waals surface area contributed by atoms with Crippen LogP contribution in [0.1, 0.15) is 38.3 Å². The van der Waals surface area contributed by atoms with Gasteiger partial charge in [-0.15, -0.1) is 0 Å². The highest BCUT2D eigenvalue weighted by molar-refractivity contribution is 5.11. The summed E-state index contributed by atoms with van der Waals surface area (Å²) < 4.78 is 7.32. The molecule has 4 nitrogen and oxygen atoms in total. The first-order valence-corrected chi connectivity index (χ1v) is 5.97. The third kappa shape index (κ3) is 2.44. The summed E-state index contributed by atoms with van der Waals surface area (Å²) in [7, 11) is 1.95. The third-order valence-corrected chi connectivity index (χ3v) is 3.28. The molecule has 0 saturated carbocycles. The van der Waals surface area contributed by atoms with E-state index in [9.17, 15) is 0 Å². The normalized spacial score (nSPS) is 27.2. The molecule has 0 radical (unpaired) electrons. The van der Waals surface area contributed by atoms with Crippen molar-refractivity contribution in [1.82, 2.24) is 15.1 Å². The molecule has 1 aliphatic rings. The Hall–Kier alpha value is -0.870. The number of ether oxygens (including phenoxy) is 1. The predicted molar refractivity (Wildman–Crippen MR) is 63.2 cm³/mol. The van der Waals surface area contributed by atoms with Crippen LogP contribution < -0.4 is 5.32 Å². The fourth-order valence-electron chi connectivity index (χ4n) is 2.24. The van der Waals surface area contributed by atoms with Crippen molar-refractivity contribution in [3.8, 4) is 0 Å². The van der Waals surface area contributed by atoms with Gasteiger partial charge < -0.3 is 10.1 Å². The minimum atomic E-state index is 0.122. The van der Waals surface area contributed by atoms with E-state index >= 15 is 0 Å². The van der Waals surface area contributed by atoms with Crippen molar-refractivity contribution in [2.75, 3.05) is 13.2 Å². The summed E-state index contributed by atoms with van der Waals surface area (Å²) in [6.07, 6.45) is 6.19. The topological polar surface area (TPSA) is 39.1 Å². The van der Waals surface area contributed by atoms with Crippen LogP contribution in [-0.2, 0) is 11.8 Å². The summed E-state index contributed by atoms with van der Waals surface area (Å²) in [5, 5.41) is 7.92. The van der Waals surface area contributed by atoms with Gasteiger partial charge >= 0.3 is 0 Å². The van der Waals surface area contributed by atoms with E-state index in [1.165, 1.54) is 5.56 Å². The van der Waals surface area contributed by atoms with Crippen LogP contribution in [0.3, 0.4) is 0 Å². The molecule has 2 rings (SSSR count). The Labute approximate surface area is 97.0 Å². The maximum atomic E-state index is 5.46. The lowest BCUT2D eigenvalue weighted by molar-refractivity contribution is 0.166. The maximum absolute atomic E-state index is 5.46. The molecule has 0 amide bonds. The van der Waals surface area contributed by atoms with Crippen LogP contribution in [0.2, 0.25) is 0 Å². The number of aromatic nitrogens is 2. The molecule has 2 atom stereocenters. The maximum Gasteiger partial charge on any atom is 0.0646 e. The zero-order valence-electron chi connectivity index (χ0n) is 10.4. The van der Waals surface area contributed by atoms with E-state index in [1.807, 2.05) is 17.9 Å². The van der Waals surface area contributed by atoms with E-state index in [-0.39, 0.29) is 5.54 Å². The van der Waals surface area contributed by atoms with Gasteiger partial charge in [-0.05, 0) is 19.8 Å². The van der Waals surface area contributed by atoms with Crippen molar-refractivity contribution in [2.24, 2.45) is 7.05 Å². The first-order chi connectivity index (χ1) is 7.63. The van der Waals surface area contributed by atoms with Crippen LogP contribution >= 0.6 is 0 Å². The number of aryl methyl sites for hydroxylation is 1. The minimum absolute atomic E-state index is 0.122. The van der Waals surface area contributed by atoms with E-state index in [0.29, 0.717) is 6.04 Å². The van der Waals surface area contributed by atoms with Crippen molar-refractivity contribution in [3.05, 3.63) is 18.0 Å². The van der Waals surface area contributed by atoms with Gasteiger partial charge in [-0.3, -0.25) is 4.68 Å². The molecule has 1 saturated heterocycles. The summed E-state index contributed by atoms with van der Waals surface area (Å²) in [6, 6.07) is 0.375. The quantitative estimate of drug-likeness (QED) is 0.843. The molecule has 0 spiro atoms. The fourth-order valence-corrected chi connectivity index (χ4v) is 2.24. The molecule has 1 fully saturated rings. The largest absolute Gasteiger partial charge is 0.379 e. The average Bonchev–Trinajstić information content (AvgIpc) is 2.85. The molecule has 4 heteroatoms. The second-order valence-corrected chi connectivity index (χ2v) is 4.92. The Morgan fingerprint density at radius 1 is 1.69 bits per heavy atom. The zero-order chi connectivity index (χ0) is 11.6. The highest BCUT2D eigenvalue weighted by atomic mass is 16.5. The van der Waals surface area contributed by atoms with Crippen molar-refractivity contribution >= 4 is 0 Å². The van der Waals surface area contributed by atoms with E-state index in [4.69, 9.17) is 4.74 Å². The Kier molecular flexibility index (Phi) is 3.30. The van der Waals surface area contributed by atoms with Crippen LogP contribution in [0, 0.1) is 0 Å². The zero-order valence-corrected chi connectivity index (χ0v) is 10.4. The summed E-state index contributed by atoms with van der Waals surface area (Å²) in [5.41, 5.74) is 1.38. The molecule has 0 aliphatic carbocycles. The lowest BCUT2D eigenvalue weighted by Crippen LogP contribution is -2.44. The Morgan fingerprint density at radius 3 is 3.00 bits per heavy atom. The smallest absolute Gasteiger partial charge is 0.0646 e. The summed E-state index contributed by atoms with van der Waals surface area (Å²) in [5.74, 6) is 0. The highest BCUT2D eigenvalue weighted by Crippen LogP contribution is 2.24. The van der Waals surface area contributed by atoms with Crippen LogP contribution in [0.25, 0.3) is 0 Å². The molecule has 2 unspecified atom stereocenters. The van der Waals surface area contributed by atoms with Gasteiger partial charge in [-0.25, -0.2) is 0 Å². The molecule has 1 aromatic rings. The van der Waals surface area contributed by atoms with Gasteiger partial charge in [-0.2, -0.15) is 5.10 Å². The van der Waals surface area contributed by atoms with Gasteiger partial charge in [0.1, 0.15) is 0 Å². The Morgan fingerprint density at radius 2 is 2.50 bits per heavy atom. The summed E-state index contributed by atoms with van der Waals surface area (Å²) in [4.78, 5) is 0. The molecular formula is C12H21N3O. The monoisotopic (exact) mass is 223 g/mol. The first kappa shape index (κ1) is 11.6. The standard InChI is InChI=1S/C12H21N3O/c1-4-11(10-7-13-15(3)8-10)14-12(2)5-6-16-9-12/h7-8,11,14H,4-6,9H2,1-3H3. The molecular weight excluding hydrogens is 202 g/mol. The van der Waals surface area contributed by atoms with Crippen LogP contribution in [0.4, 0.5) is 0 Å². The van der Waals surface area contributed by atoms with Gasteiger partial charge in [0, 0.05) is 37.0 Å². The van der Waals surface area contributed by atoms with Crippen LogP contribution in [0.5, 0.6) is 0 Å². The lowest BCUT2D eigenvalue weighted by Gasteiger charge is -2.29. The van der Waals surface area contributed by atoms with Gasteiger partial charge in [0.15, 0.2) is 0 Å². The number of rotatable bonds is 4. The van der Waals surface area contributed by atoms with Crippen LogP contribution in [-0.4, -0.2) is 28.5 Å². The SMILES string of the molecule is CCC(NC1(C)CCOC1)c1cnn(C)c1. The predicted octanol–water partition coefficient (Wildman–Crippen LogP) is 1.64. The lowest BCUT2D eigenvalue weighted by atomic mass is 9.97. The van der Waals surface area contributed by atoms with Crippen molar-refractivity contribution < 1.29 is 4.74 Å². The van der Waals surface area contributed by atoms with E-state index in [1.54, 1.807) is 0 Å². The van der Waals surface area contributed by atoms with E-state index < -0.39 is 0 Å². The third-order valence-electron chi connectivity index (χ3n) is 3.28. The second-order valence-electron chi connectivity index (χ2n) is 4.92. The van der Waals surface area contributed by atoms with Gasteiger partial charge in [0.05, 0.1) is 12.8 Å². The van der Waals surface area contributed by atoms with E-state index in [2.05, 4.69) is 30.5 Å². The average molecular weight is 223 g/mol. The molecule has 1 aromatic heterocycles. The molecule has 0 bridgehead atoms. The minimum Gasteiger partial charge on any atom is -0.379 e. The molecule has 90 valence electrons. The van der Waals surface area contributed by atoms with Gasteiger partial charge in [-0.1, -0.05) is 6.92 Å². The summed E-state index contributed by atoms with van der Waals surface area (Å²) in [6.45, 7) is 6.11. The van der Waals surface area contributed by atoms with Crippen molar-refractivity contribution in [2.45, 2.75) is 38.3 Å². The number of nitrogens with zero attached hydrogens (tertiary/aromatic N) is 2. The molecule has 2 heterocycles. The molecule has 1 N–H and O–H groups in total. The number of hydrogen-bond donors (Lipinski definition) is 1. The van der Waals surface area contributed by atoms with Crippen molar-refractivity contribution in [1.29, 1.82) is 0 Å². The summed E-state index contributed by atoms with van der Waals surface area (Å²) >= 11 is 0.